The highest BCUT2D eigenvalue weighted by molar-refractivity contribution is 5.87. The topological polar surface area (TPSA) is 72.6 Å². The zero-order valence-corrected chi connectivity index (χ0v) is 14.7. The minimum absolute atomic E-state index is 0.0316. The van der Waals surface area contributed by atoms with Crippen LogP contribution in [0.2, 0.25) is 0 Å². The lowest BCUT2D eigenvalue weighted by atomic mass is 10.0. The van der Waals surface area contributed by atoms with Gasteiger partial charge >= 0.3 is 5.97 Å². The third-order valence-corrected chi connectivity index (χ3v) is 4.52. The fourth-order valence-corrected chi connectivity index (χ4v) is 3.06. The highest BCUT2D eigenvalue weighted by atomic mass is 16.5. The fraction of sp³-hybridized carbons (Fsp3) is 0.238. The Labute approximate surface area is 153 Å². The Hall–Kier alpha value is -2.92. The summed E-state index contributed by atoms with van der Waals surface area (Å²) in [4.78, 5) is 25.6. The third-order valence-electron chi connectivity index (χ3n) is 4.52. The average Bonchev–Trinajstić information content (AvgIpc) is 3.10. The SMILES string of the molecule is COC(=O)C=Cc1ccc(CC(N)C(=O)N2Cc3ccccc3C2)cc1. The smallest absolute Gasteiger partial charge is 0.330 e. The summed E-state index contributed by atoms with van der Waals surface area (Å²) >= 11 is 0. The second-order valence-electron chi connectivity index (χ2n) is 6.37. The maximum absolute atomic E-state index is 12.6. The molecule has 3 rings (SSSR count). The van der Waals surface area contributed by atoms with Crippen molar-refractivity contribution in [2.75, 3.05) is 7.11 Å². The number of fused-ring (bicyclic) bond motifs is 1. The van der Waals surface area contributed by atoms with Crippen molar-refractivity contribution in [2.45, 2.75) is 25.6 Å². The molecule has 1 atom stereocenters. The van der Waals surface area contributed by atoms with Gasteiger partial charge in [-0.1, -0.05) is 48.5 Å². The van der Waals surface area contributed by atoms with Crippen LogP contribution in [-0.4, -0.2) is 29.9 Å². The van der Waals surface area contributed by atoms with Crippen LogP contribution >= 0.6 is 0 Å². The van der Waals surface area contributed by atoms with Crippen LogP contribution in [0.15, 0.2) is 54.6 Å². The normalized spacial score (nSPS) is 14.3. The first-order valence-electron chi connectivity index (χ1n) is 8.53. The van der Waals surface area contributed by atoms with Gasteiger partial charge in [0.2, 0.25) is 5.91 Å². The summed E-state index contributed by atoms with van der Waals surface area (Å²) in [6, 6.07) is 15.1. The number of ether oxygens (including phenoxy) is 1. The summed E-state index contributed by atoms with van der Waals surface area (Å²) in [6.45, 7) is 1.25. The van der Waals surface area contributed by atoms with Crippen LogP contribution in [0.3, 0.4) is 0 Å². The van der Waals surface area contributed by atoms with Crippen LogP contribution < -0.4 is 5.73 Å². The number of esters is 1. The summed E-state index contributed by atoms with van der Waals surface area (Å²) in [5, 5.41) is 0. The van der Waals surface area contributed by atoms with Crippen molar-refractivity contribution >= 4 is 18.0 Å². The molecule has 2 aromatic rings. The Balaban J connectivity index is 1.58. The van der Waals surface area contributed by atoms with Gasteiger partial charge in [0.15, 0.2) is 0 Å². The molecule has 0 fully saturated rings. The molecule has 0 spiro atoms. The number of nitrogens with two attached hydrogens (primary N) is 1. The number of hydrogen-bond acceptors (Lipinski definition) is 4. The monoisotopic (exact) mass is 350 g/mol. The van der Waals surface area contributed by atoms with E-state index >= 15 is 0 Å². The molecule has 1 aliphatic heterocycles. The minimum atomic E-state index is -0.569. The molecular formula is C21H22N2O3. The third kappa shape index (κ3) is 4.18. The van der Waals surface area contributed by atoms with Gasteiger partial charge in [0.05, 0.1) is 13.2 Å². The van der Waals surface area contributed by atoms with Crippen LogP contribution in [0.4, 0.5) is 0 Å². The maximum Gasteiger partial charge on any atom is 0.330 e. The molecule has 1 amide bonds. The summed E-state index contributed by atoms with van der Waals surface area (Å²) in [7, 11) is 1.34. The van der Waals surface area contributed by atoms with Crippen molar-refractivity contribution in [1.82, 2.24) is 4.90 Å². The Morgan fingerprint density at radius 2 is 1.73 bits per heavy atom. The van der Waals surface area contributed by atoms with Crippen LogP contribution in [-0.2, 0) is 33.8 Å². The van der Waals surface area contributed by atoms with E-state index in [1.165, 1.54) is 24.3 Å². The Kier molecular flexibility index (Phi) is 5.49. The predicted molar refractivity (Wildman–Crippen MR) is 99.9 cm³/mol. The molecule has 5 nitrogen and oxygen atoms in total. The Bertz CT molecular complexity index is 802. The molecule has 0 radical (unpaired) electrons. The second-order valence-corrected chi connectivity index (χ2v) is 6.37. The molecule has 26 heavy (non-hydrogen) atoms. The van der Waals surface area contributed by atoms with E-state index in [2.05, 4.69) is 16.9 Å². The number of amides is 1. The first-order valence-corrected chi connectivity index (χ1v) is 8.53. The van der Waals surface area contributed by atoms with Gasteiger partial charge < -0.3 is 15.4 Å². The van der Waals surface area contributed by atoms with Crippen molar-refractivity contribution in [3.8, 4) is 0 Å². The van der Waals surface area contributed by atoms with Gasteiger partial charge in [0.25, 0.3) is 0 Å². The largest absolute Gasteiger partial charge is 0.466 e. The predicted octanol–water partition coefficient (Wildman–Crippen LogP) is 2.29. The highest BCUT2D eigenvalue weighted by Crippen LogP contribution is 2.23. The molecular weight excluding hydrogens is 328 g/mol. The van der Waals surface area contributed by atoms with Crippen molar-refractivity contribution in [3.63, 3.8) is 0 Å². The van der Waals surface area contributed by atoms with Crippen LogP contribution in [0, 0.1) is 0 Å². The van der Waals surface area contributed by atoms with E-state index in [4.69, 9.17) is 5.73 Å². The molecule has 2 N–H and O–H groups in total. The lowest BCUT2D eigenvalue weighted by molar-refractivity contribution is -0.135. The van der Waals surface area contributed by atoms with Crippen molar-refractivity contribution in [3.05, 3.63) is 76.9 Å². The average molecular weight is 350 g/mol. The lowest BCUT2D eigenvalue weighted by Crippen LogP contribution is -2.42. The number of benzene rings is 2. The molecule has 0 bridgehead atoms. The highest BCUT2D eigenvalue weighted by Gasteiger charge is 2.26. The van der Waals surface area contributed by atoms with Gasteiger partial charge in [-0.2, -0.15) is 0 Å². The van der Waals surface area contributed by atoms with Crippen molar-refractivity contribution in [1.29, 1.82) is 0 Å². The molecule has 1 heterocycles. The van der Waals surface area contributed by atoms with E-state index in [1.54, 1.807) is 6.08 Å². The number of methoxy groups -OCH3 is 1. The van der Waals surface area contributed by atoms with Crippen LogP contribution in [0.1, 0.15) is 22.3 Å². The summed E-state index contributed by atoms with van der Waals surface area (Å²) in [5.74, 6) is -0.427. The van der Waals surface area contributed by atoms with Gasteiger partial charge in [-0.15, -0.1) is 0 Å². The second kappa shape index (κ2) is 7.97. The molecule has 0 saturated carbocycles. The number of hydrogen-bond donors (Lipinski definition) is 1. The molecule has 2 aromatic carbocycles. The van der Waals surface area contributed by atoms with Crippen LogP contribution in [0.5, 0.6) is 0 Å². The molecule has 5 heteroatoms. The van der Waals surface area contributed by atoms with Gasteiger partial charge in [-0.05, 0) is 34.8 Å². The van der Waals surface area contributed by atoms with Gasteiger partial charge in [-0.3, -0.25) is 4.79 Å². The molecule has 0 aliphatic carbocycles. The Morgan fingerprint density at radius 3 is 2.31 bits per heavy atom. The van der Waals surface area contributed by atoms with Crippen molar-refractivity contribution in [2.24, 2.45) is 5.73 Å². The fourth-order valence-electron chi connectivity index (χ4n) is 3.06. The lowest BCUT2D eigenvalue weighted by Gasteiger charge is -2.20. The molecule has 1 aliphatic rings. The van der Waals surface area contributed by atoms with E-state index < -0.39 is 12.0 Å². The van der Waals surface area contributed by atoms with Gasteiger partial charge in [-0.25, -0.2) is 4.79 Å². The van der Waals surface area contributed by atoms with Gasteiger partial charge in [0.1, 0.15) is 0 Å². The minimum Gasteiger partial charge on any atom is -0.466 e. The van der Waals surface area contributed by atoms with Gasteiger partial charge in [0, 0.05) is 19.2 Å². The maximum atomic E-state index is 12.6. The number of carbonyl (C=O) groups is 2. The van der Waals surface area contributed by atoms with E-state index in [0.29, 0.717) is 19.5 Å². The standard InChI is InChI=1S/C21H22N2O3/c1-26-20(24)11-10-15-6-8-16(9-7-15)12-19(22)21(25)23-13-17-4-2-3-5-18(17)14-23/h2-11,19H,12-14,22H2,1H3. The van der Waals surface area contributed by atoms with E-state index in [-0.39, 0.29) is 5.91 Å². The van der Waals surface area contributed by atoms with E-state index in [1.807, 2.05) is 41.3 Å². The summed E-state index contributed by atoms with van der Waals surface area (Å²) in [6.07, 6.45) is 3.53. The number of carbonyl (C=O) groups excluding carboxylic acids is 2. The molecule has 1 unspecified atom stereocenters. The van der Waals surface area contributed by atoms with E-state index in [9.17, 15) is 9.59 Å². The zero-order chi connectivity index (χ0) is 18.5. The molecule has 0 aromatic heterocycles. The summed E-state index contributed by atoms with van der Waals surface area (Å²) in [5.41, 5.74) is 10.4. The van der Waals surface area contributed by atoms with E-state index in [0.717, 1.165) is 11.1 Å². The number of rotatable bonds is 5. The Morgan fingerprint density at radius 1 is 1.12 bits per heavy atom. The first kappa shape index (κ1) is 17.9. The molecule has 0 saturated heterocycles. The molecule has 134 valence electrons. The van der Waals surface area contributed by atoms with Crippen LogP contribution in [0.25, 0.3) is 6.08 Å². The zero-order valence-electron chi connectivity index (χ0n) is 14.7. The summed E-state index contributed by atoms with van der Waals surface area (Å²) < 4.78 is 4.56. The van der Waals surface area contributed by atoms with Crippen molar-refractivity contribution < 1.29 is 14.3 Å². The number of nitrogens with zero attached hydrogens (tertiary/aromatic N) is 1. The first-order chi connectivity index (χ1) is 12.6. The quantitative estimate of drug-likeness (QED) is 0.663.